The SMILES string of the molecule is CCc1ccc(-c2nc3ccccc3c(C(=O)[O-])c2C)s1. The summed E-state index contributed by atoms with van der Waals surface area (Å²) in [4.78, 5) is 18.5. The predicted molar refractivity (Wildman–Crippen MR) is 83.5 cm³/mol. The number of pyridine rings is 1. The van der Waals surface area contributed by atoms with E-state index in [1.54, 1.807) is 24.3 Å². The van der Waals surface area contributed by atoms with Crippen LogP contribution < -0.4 is 5.11 Å². The van der Waals surface area contributed by atoms with Gasteiger partial charge in [0.25, 0.3) is 0 Å². The molecule has 21 heavy (non-hydrogen) atoms. The minimum Gasteiger partial charge on any atom is -0.545 e. The molecule has 0 N–H and O–H groups in total. The maximum absolute atomic E-state index is 11.5. The van der Waals surface area contributed by atoms with Gasteiger partial charge in [0.1, 0.15) is 0 Å². The number of carbonyl (C=O) groups is 1. The van der Waals surface area contributed by atoms with Crippen LogP contribution >= 0.6 is 11.3 Å². The molecule has 4 heteroatoms. The fourth-order valence-electron chi connectivity index (χ4n) is 2.51. The zero-order chi connectivity index (χ0) is 15.0. The van der Waals surface area contributed by atoms with Crippen molar-refractivity contribution in [1.29, 1.82) is 0 Å². The Morgan fingerprint density at radius 3 is 2.67 bits per heavy atom. The quantitative estimate of drug-likeness (QED) is 0.746. The molecule has 1 aromatic carbocycles. The second-order valence-electron chi connectivity index (χ2n) is 4.88. The van der Waals surface area contributed by atoms with Gasteiger partial charge in [-0.25, -0.2) is 4.98 Å². The second kappa shape index (κ2) is 5.30. The summed E-state index contributed by atoms with van der Waals surface area (Å²) >= 11 is 1.65. The molecule has 3 aromatic rings. The summed E-state index contributed by atoms with van der Waals surface area (Å²) in [5, 5.41) is 12.2. The zero-order valence-corrected chi connectivity index (χ0v) is 12.7. The number of fused-ring (bicyclic) bond motifs is 1. The van der Waals surface area contributed by atoms with Crippen LogP contribution in [-0.2, 0) is 6.42 Å². The zero-order valence-electron chi connectivity index (χ0n) is 11.8. The first kappa shape index (κ1) is 13.8. The number of aromatic carboxylic acids is 1. The Morgan fingerprint density at radius 1 is 1.24 bits per heavy atom. The van der Waals surface area contributed by atoms with Crippen LogP contribution in [-0.4, -0.2) is 11.0 Å². The van der Waals surface area contributed by atoms with E-state index in [0.717, 1.165) is 17.0 Å². The molecule has 0 spiro atoms. The van der Waals surface area contributed by atoms with E-state index in [1.165, 1.54) is 4.88 Å². The van der Waals surface area contributed by atoms with Crippen molar-refractivity contribution in [1.82, 2.24) is 4.98 Å². The van der Waals surface area contributed by atoms with Gasteiger partial charge in [-0.05, 0) is 37.1 Å². The number of carbonyl (C=O) groups excluding carboxylic acids is 1. The molecular formula is C17H14NO2S-. The number of carboxylic acids is 1. The molecule has 0 aliphatic rings. The molecular weight excluding hydrogens is 282 g/mol. The lowest BCUT2D eigenvalue weighted by Crippen LogP contribution is -2.24. The Balaban J connectivity index is 2.33. The van der Waals surface area contributed by atoms with Crippen LogP contribution in [0.5, 0.6) is 0 Å². The first-order chi connectivity index (χ1) is 10.1. The van der Waals surface area contributed by atoms with Crippen molar-refractivity contribution in [2.24, 2.45) is 0 Å². The number of nitrogens with zero attached hydrogens (tertiary/aromatic N) is 1. The first-order valence-electron chi connectivity index (χ1n) is 6.81. The molecule has 106 valence electrons. The van der Waals surface area contributed by atoms with Crippen LogP contribution in [0.4, 0.5) is 0 Å². The molecule has 2 heterocycles. The van der Waals surface area contributed by atoms with Crippen molar-refractivity contribution in [3.05, 3.63) is 52.4 Å². The minimum absolute atomic E-state index is 0.238. The number of hydrogen-bond donors (Lipinski definition) is 0. The maximum atomic E-state index is 11.5. The van der Waals surface area contributed by atoms with E-state index >= 15 is 0 Å². The van der Waals surface area contributed by atoms with Gasteiger partial charge in [-0.2, -0.15) is 0 Å². The third-order valence-electron chi connectivity index (χ3n) is 3.58. The van der Waals surface area contributed by atoms with Crippen LogP contribution in [0.1, 0.15) is 27.7 Å². The Hall–Kier alpha value is -2.20. The molecule has 3 nitrogen and oxygen atoms in total. The fraction of sp³-hybridized carbons (Fsp3) is 0.176. The molecule has 0 saturated carbocycles. The average Bonchev–Trinajstić information content (AvgIpc) is 2.94. The summed E-state index contributed by atoms with van der Waals surface area (Å²) < 4.78 is 0. The van der Waals surface area contributed by atoms with Crippen LogP contribution in [0, 0.1) is 6.92 Å². The number of rotatable bonds is 3. The molecule has 2 aromatic heterocycles. The summed E-state index contributed by atoms with van der Waals surface area (Å²) in [5.74, 6) is -1.15. The average molecular weight is 296 g/mol. The Bertz CT molecular complexity index is 836. The highest BCUT2D eigenvalue weighted by Crippen LogP contribution is 2.33. The van der Waals surface area contributed by atoms with Crippen molar-refractivity contribution in [2.45, 2.75) is 20.3 Å². The van der Waals surface area contributed by atoms with Gasteiger partial charge in [-0.15, -0.1) is 11.3 Å². The Labute approximate surface area is 126 Å². The molecule has 0 amide bonds. The summed E-state index contributed by atoms with van der Waals surface area (Å²) in [7, 11) is 0. The monoisotopic (exact) mass is 296 g/mol. The van der Waals surface area contributed by atoms with Crippen LogP contribution in [0.15, 0.2) is 36.4 Å². The lowest BCUT2D eigenvalue weighted by Gasteiger charge is -2.14. The molecule has 0 atom stereocenters. The van der Waals surface area contributed by atoms with Gasteiger partial charge >= 0.3 is 0 Å². The van der Waals surface area contributed by atoms with Gasteiger partial charge in [0.15, 0.2) is 0 Å². The van der Waals surface area contributed by atoms with Crippen molar-refractivity contribution >= 4 is 28.2 Å². The molecule has 0 unspecified atom stereocenters. The Morgan fingerprint density at radius 2 is 2.00 bits per heavy atom. The van der Waals surface area contributed by atoms with E-state index in [2.05, 4.69) is 18.0 Å². The van der Waals surface area contributed by atoms with Crippen molar-refractivity contribution in [2.75, 3.05) is 0 Å². The smallest absolute Gasteiger partial charge is 0.0845 e. The molecule has 0 aliphatic carbocycles. The van der Waals surface area contributed by atoms with E-state index in [1.807, 2.05) is 24.3 Å². The van der Waals surface area contributed by atoms with E-state index in [0.29, 0.717) is 16.5 Å². The molecule has 0 aliphatic heterocycles. The van der Waals surface area contributed by atoms with Crippen molar-refractivity contribution in [3.63, 3.8) is 0 Å². The maximum Gasteiger partial charge on any atom is 0.0845 e. The van der Waals surface area contributed by atoms with E-state index in [-0.39, 0.29) is 5.56 Å². The number of thiophene rings is 1. The van der Waals surface area contributed by atoms with E-state index in [4.69, 9.17) is 0 Å². The number of carboxylic acid groups (broad SMARTS) is 1. The topological polar surface area (TPSA) is 53.0 Å². The van der Waals surface area contributed by atoms with E-state index in [9.17, 15) is 9.90 Å². The van der Waals surface area contributed by atoms with Crippen molar-refractivity contribution in [3.8, 4) is 10.6 Å². The molecule has 0 bridgehead atoms. The molecule has 0 fully saturated rings. The highest BCUT2D eigenvalue weighted by atomic mass is 32.1. The molecule has 0 radical (unpaired) electrons. The molecule has 0 saturated heterocycles. The lowest BCUT2D eigenvalue weighted by atomic mass is 10.0. The number of benzene rings is 1. The Kier molecular flexibility index (Phi) is 3.47. The van der Waals surface area contributed by atoms with Gasteiger partial charge in [-0.1, -0.05) is 25.1 Å². The standard InChI is InChI=1S/C17H15NO2S/c1-3-11-8-9-14(21-11)16-10(2)15(17(19)20)12-6-4-5-7-13(12)18-16/h4-9H,3H2,1-2H3,(H,19,20)/p-1. The van der Waals surface area contributed by atoms with Crippen molar-refractivity contribution < 1.29 is 9.90 Å². The third kappa shape index (κ3) is 2.32. The van der Waals surface area contributed by atoms with Gasteiger partial charge in [0.2, 0.25) is 0 Å². The van der Waals surface area contributed by atoms with Crippen LogP contribution in [0.3, 0.4) is 0 Å². The number of aromatic nitrogens is 1. The number of aryl methyl sites for hydroxylation is 1. The van der Waals surface area contributed by atoms with Gasteiger partial charge in [0, 0.05) is 15.8 Å². The van der Waals surface area contributed by atoms with Gasteiger partial charge in [0.05, 0.1) is 22.1 Å². The van der Waals surface area contributed by atoms with Gasteiger partial charge < -0.3 is 9.90 Å². The summed E-state index contributed by atoms with van der Waals surface area (Å²) in [6, 6.07) is 11.4. The lowest BCUT2D eigenvalue weighted by molar-refractivity contribution is -0.254. The predicted octanol–water partition coefficient (Wildman–Crippen LogP) is 3.20. The fourth-order valence-corrected chi connectivity index (χ4v) is 3.50. The minimum atomic E-state index is -1.15. The first-order valence-corrected chi connectivity index (χ1v) is 7.63. The van der Waals surface area contributed by atoms with E-state index < -0.39 is 5.97 Å². The summed E-state index contributed by atoms with van der Waals surface area (Å²) in [5.41, 5.74) is 2.32. The largest absolute Gasteiger partial charge is 0.545 e. The third-order valence-corrected chi connectivity index (χ3v) is 4.82. The summed E-state index contributed by atoms with van der Waals surface area (Å²) in [6.45, 7) is 3.90. The highest BCUT2D eigenvalue weighted by molar-refractivity contribution is 7.15. The highest BCUT2D eigenvalue weighted by Gasteiger charge is 2.15. The van der Waals surface area contributed by atoms with Gasteiger partial charge in [-0.3, -0.25) is 0 Å². The summed E-state index contributed by atoms with van der Waals surface area (Å²) in [6.07, 6.45) is 0.963. The number of hydrogen-bond acceptors (Lipinski definition) is 4. The number of para-hydroxylation sites is 1. The molecule has 3 rings (SSSR count). The van der Waals surface area contributed by atoms with Crippen LogP contribution in [0.2, 0.25) is 0 Å². The van der Waals surface area contributed by atoms with Crippen LogP contribution in [0.25, 0.3) is 21.5 Å². The second-order valence-corrected chi connectivity index (χ2v) is 6.05. The normalized spacial score (nSPS) is 11.0.